The Hall–Kier alpha value is -1.98. The normalized spacial score (nSPS) is 15.3. The first-order chi connectivity index (χ1) is 14.2. The largest absolute Gasteiger partial charge is 0.354 e. The summed E-state index contributed by atoms with van der Waals surface area (Å²) in [7, 11) is 0. The summed E-state index contributed by atoms with van der Waals surface area (Å²) >= 11 is 1.79. The van der Waals surface area contributed by atoms with Gasteiger partial charge in [0.1, 0.15) is 0 Å². The standard InChI is InChI=1S/C21H27N5O2S.HI/c1-2-11-22-21(23-15-17-7-9-18(10-8-17)26(27)28)24-16-19(20-6-5-14-29-20)25-12-3-4-13-25;/h2,5-10,14,19H,1,3-4,11-13,15-16H2,(H2,22,23,24);1H. The molecule has 0 radical (unpaired) electrons. The van der Waals surface area contributed by atoms with E-state index in [1.807, 2.05) is 0 Å². The molecule has 3 rings (SSSR count). The van der Waals surface area contributed by atoms with E-state index in [-0.39, 0.29) is 29.7 Å². The minimum atomic E-state index is -0.394. The van der Waals surface area contributed by atoms with E-state index in [9.17, 15) is 10.1 Å². The van der Waals surface area contributed by atoms with Crippen molar-refractivity contribution in [3.05, 3.63) is 75.0 Å². The van der Waals surface area contributed by atoms with E-state index in [1.165, 1.54) is 29.9 Å². The van der Waals surface area contributed by atoms with Crippen LogP contribution in [0.15, 0.2) is 59.4 Å². The summed E-state index contributed by atoms with van der Waals surface area (Å²) in [4.78, 5) is 18.9. The summed E-state index contributed by atoms with van der Waals surface area (Å²) in [5.74, 6) is 0.712. The fraction of sp³-hybridized carbons (Fsp3) is 0.381. The van der Waals surface area contributed by atoms with Crippen molar-refractivity contribution in [2.75, 3.05) is 26.2 Å². The number of rotatable bonds is 9. The van der Waals surface area contributed by atoms with E-state index < -0.39 is 4.92 Å². The van der Waals surface area contributed by atoms with Gasteiger partial charge in [-0.05, 0) is 42.9 Å². The molecule has 1 saturated heterocycles. The summed E-state index contributed by atoms with van der Waals surface area (Å²) in [6, 6.07) is 11.1. The predicted molar refractivity (Wildman–Crippen MR) is 134 cm³/mol. The molecule has 2 heterocycles. The number of thiophene rings is 1. The molecule has 0 amide bonds. The first-order valence-electron chi connectivity index (χ1n) is 9.81. The Morgan fingerprint density at radius 1 is 1.27 bits per heavy atom. The van der Waals surface area contributed by atoms with Crippen LogP contribution in [0.1, 0.15) is 29.3 Å². The Morgan fingerprint density at radius 2 is 2.00 bits per heavy atom. The van der Waals surface area contributed by atoms with E-state index >= 15 is 0 Å². The quantitative estimate of drug-likeness (QED) is 0.123. The van der Waals surface area contributed by atoms with Gasteiger partial charge in [-0.3, -0.25) is 15.0 Å². The minimum Gasteiger partial charge on any atom is -0.354 e. The summed E-state index contributed by atoms with van der Waals surface area (Å²) < 4.78 is 0. The average molecular weight is 541 g/mol. The lowest BCUT2D eigenvalue weighted by atomic mass is 10.2. The lowest BCUT2D eigenvalue weighted by molar-refractivity contribution is -0.384. The molecular formula is C21H28IN5O2S. The molecule has 0 aliphatic carbocycles. The molecule has 1 aromatic carbocycles. The van der Waals surface area contributed by atoms with E-state index in [0.717, 1.165) is 25.2 Å². The third kappa shape index (κ3) is 7.06. The van der Waals surface area contributed by atoms with Crippen molar-refractivity contribution in [3.63, 3.8) is 0 Å². The van der Waals surface area contributed by atoms with Crippen LogP contribution in [0.5, 0.6) is 0 Å². The fourth-order valence-corrected chi connectivity index (χ4v) is 4.23. The number of hydrogen-bond acceptors (Lipinski definition) is 5. The van der Waals surface area contributed by atoms with Gasteiger partial charge in [-0.2, -0.15) is 0 Å². The SMILES string of the molecule is C=CCNC(=NCc1ccc([N+](=O)[O-])cc1)NCC(c1cccs1)N1CCCC1.I. The number of non-ortho nitro benzene ring substituents is 1. The van der Waals surface area contributed by atoms with Gasteiger partial charge in [0.2, 0.25) is 0 Å². The first-order valence-corrected chi connectivity index (χ1v) is 10.7. The van der Waals surface area contributed by atoms with Crippen LogP contribution in [0.4, 0.5) is 5.69 Å². The Balaban J connectivity index is 0.00000320. The Labute approximate surface area is 198 Å². The fourth-order valence-electron chi connectivity index (χ4n) is 3.37. The number of aliphatic imine (C=N–C) groups is 1. The lowest BCUT2D eigenvalue weighted by Crippen LogP contribution is -2.42. The highest BCUT2D eigenvalue weighted by atomic mass is 127. The van der Waals surface area contributed by atoms with Gasteiger partial charge in [0.15, 0.2) is 5.96 Å². The van der Waals surface area contributed by atoms with Crippen molar-refractivity contribution in [1.29, 1.82) is 0 Å². The molecule has 1 atom stereocenters. The molecule has 1 fully saturated rings. The number of guanidine groups is 1. The van der Waals surface area contributed by atoms with Crippen LogP contribution in [-0.4, -0.2) is 42.0 Å². The molecular weight excluding hydrogens is 513 g/mol. The summed E-state index contributed by atoms with van der Waals surface area (Å²) in [6.45, 7) is 7.83. The molecule has 1 unspecified atom stereocenters. The van der Waals surface area contributed by atoms with Gasteiger partial charge in [-0.1, -0.05) is 24.3 Å². The molecule has 162 valence electrons. The van der Waals surface area contributed by atoms with E-state index in [4.69, 9.17) is 0 Å². The lowest BCUT2D eigenvalue weighted by Gasteiger charge is -2.27. The summed E-state index contributed by atoms with van der Waals surface area (Å²) in [5.41, 5.74) is 1.01. The molecule has 0 saturated carbocycles. The third-order valence-corrected chi connectivity index (χ3v) is 5.87. The zero-order chi connectivity index (χ0) is 20.5. The first kappa shape index (κ1) is 24.3. The van der Waals surface area contributed by atoms with Gasteiger partial charge in [0, 0.05) is 30.1 Å². The van der Waals surface area contributed by atoms with Crippen molar-refractivity contribution >= 4 is 47.0 Å². The smallest absolute Gasteiger partial charge is 0.269 e. The van der Waals surface area contributed by atoms with Crippen LogP contribution in [0.3, 0.4) is 0 Å². The van der Waals surface area contributed by atoms with Crippen LogP contribution in [0, 0.1) is 10.1 Å². The molecule has 7 nitrogen and oxygen atoms in total. The molecule has 30 heavy (non-hydrogen) atoms. The zero-order valence-electron chi connectivity index (χ0n) is 16.8. The number of halogens is 1. The van der Waals surface area contributed by atoms with E-state index in [2.05, 4.69) is 44.6 Å². The molecule has 9 heteroatoms. The number of nitro groups is 1. The number of hydrogen-bond donors (Lipinski definition) is 2. The van der Waals surface area contributed by atoms with Crippen LogP contribution >= 0.6 is 35.3 Å². The second-order valence-electron chi connectivity index (χ2n) is 6.91. The second kappa shape index (κ2) is 12.7. The molecule has 0 spiro atoms. The monoisotopic (exact) mass is 541 g/mol. The van der Waals surface area contributed by atoms with Crippen molar-refractivity contribution in [2.24, 2.45) is 4.99 Å². The molecule has 1 aliphatic heterocycles. The Morgan fingerprint density at radius 3 is 2.60 bits per heavy atom. The Bertz CT molecular complexity index is 820. The number of benzene rings is 1. The highest BCUT2D eigenvalue weighted by molar-refractivity contribution is 14.0. The summed E-state index contributed by atoms with van der Waals surface area (Å²) in [6.07, 6.45) is 4.29. The predicted octanol–water partition coefficient (Wildman–Crippen LogP) is 4.33. The highest BCUT2D eigenvalue weighted by Gasteiger charge is 2.24. The number of likely N-dealkylation sites (tertiary alicyclic amines) is 1. The highest BCUT2D eigenvalue weighted by Crippen LogP contribution is 2.27. The molecule has 0 bridgehead atoms. The topological polar surface area (TPSA) is 82.8 Å². The maximum Gasteiger partial charge on any atom is 0.269 e. The van der Waals surface area contributed by atoms with Gasteiger partial charge in [-0.25, -0.2) is 4.99 Å². The van der Waals surface area contributed by atoms with Gasteiger partial charge < -0.3 is 10.6 Å². The van der Waals surface area contributed by atoms with Gasteiger partial charge >= 0.3 is 0 Å². The number of nitro benzene ring substituents is 1. The van der Waals surface area contributed by atoms with Crippen molar-refractivity contribution in [3.8, 4) is 0 Å². The van der Waals surface area contributed by atoms with Gasteiger partial charge in [0.25, 0.3) is 5.69 Å². The second-order valence-corrected chi connectivity index (χ2v) is 7.89. The Kier molecular flexibility index (Phi) is 10.2. The van der Waals surface area contributed by atoms with Gasteiger partial charge in [0.05, 0.1) is 17.5 Å². The minimum absolute atomic E-state index is 0. The number of nitrogens with one attached hydrogen (secondary N) is 2. The number of nitrogens with zero attached hydrogens (tertiary/aromatic N) is 3. The van der Waals surface area contributed by atoms with Gasteiger partial charge in [-0.15, -0.1) is 41.9 Å². The molecule has 1 aromatic heterocycles. The molecule has 2 aromatic rings. The molecule has 1 aliphatic rings. The van der Waals surface area contributed by atoms with E-state index in [1.54, 1.807) is 29.5 Å². The van der Waals surface area contributed by atoms with Crippen molar-refractivity contribution < 1.29 is 4.92 Å². The maximum absolute atomic E-state index is 10.8. The average Bonchev–Trinajstić information content (AvgIpc) is 3.44. The maximum atomic E-state index is 10.8. The van der Waals surface area contributed by atoms with Crippen LogP contribution in [0.2, 0.25) is 0 Å². The van der Waals surface area contributed by atoms with Crippen molar-refractivity contribution in [2.45, 2.75) is 25.4 Å². The van der Waals surface area contributed by atoms with E-state index in [0.29, 0.717) is 25.1 Å². The van der Waals surface area contributed by atoms with Crippen LogP contribution in [-0.2, 0) is 6.54 Å². The van der Waals surface area contributed by atoms with Crippen LogP contribution in [0.25, 0.3) is 0 Å². The van der Waals surface area contributed by atoms with Crippen molar-refractivity contribution in [1.82, 2.24) is 15.5 Å². The zero-order valence-corrected chi connectivity index (χ0v) is 20.0. The summed E-state index contributed by atoms with van der Waals surface area (Å²) in [5, 5.41) is 19.6. The van der Waals surface area contributed by atoms with Crippen LogP contribution < -0.4 is 10.6 Å². The third-order valence-electron chi connectivity index (χ3n) is 4.90. The molecule has 2 N–H and O–H groups in total.